The number of esters is 2. The fourth-order valence-electron chi connectivity index (χ4n) is 6.50. The van der Waals surface area contributed by atoms with E-state index in [9.17, 15) is 24.5 Å². The molecule has 0 aliphatic carbocycles. The Kier molecular flexibility index (Phi) is 11.6. The number of furan rings is 1. The van der Waals surface area contributed by atoms with Crippen molar-refractivity contribution >= 4 is 86.0 Å². The van der Waals surface area contributed by atoms with Gasteiger partial charge in [0.2, 0.25) is 5.91 Å². The minimum absolute atomic E-state index is 0. The molecule has 7 rings (SSSR count). The first-order valence-electron chi connectivity index (χ1n) is 16.2. The molecule has 53 heavy (non-hydrogen) atoms. The van der Waals surface area contributed by atoms with Crippen molar-refractivity contribution in [3.63, 3.8) is 0 Å². The van der Waals surface area contributed by atoms with Crippen molar-refractivity contribution in [2.45, 2.75) is 25.0 Å². The summed E-state index contributed by atoms with van der Waals surface area (Å²) < 4.78 is 18.6. The summed E-state index contributed by atoms with van der Waals surface area (Å²) in [5.41, 5.74) is 1.05. The SMILES string of the molecule is CC(=O)OC(c1cc2sccc2o1)C1C(=O)N(C(C(=O)OCc2ccc([N+](=O)[O-])cc2)=P(c2ccccc2)(c2ccccc2)c2ccccc2)C1[S-].[Ag+]. The summed E-state index contributed by atoms with van der Waals surface area (Å²) in [6, 6.07) is 37.7. The molecular formula is C39H30AgN2O8PS2. The van der Waals surface area contributed by atoms with Crippen molar-refractivity contribution in [2.75, 3.05) is 0 Å². The van der Waals surface area contributed by atoms with Gasteiger partial charge in [0.1, 0.15) is 23.4 Å². The van der Waals surface area contributed by atoms with Crippen LogP contribution in [0.3, 0.4) is 0 Å². The van der Waals surface area contributed by atoms with E-state index in [0.29, 0.717) is 11.1 Å². The van der Waals surface area contributed by atoms with Crippen LogP contribution >= 0.6 is 18.2 Å². The zero-order valence-corrected chi connectivity index (χ0v) is 31.9. The Bertz CT molecular complexity index is 2200. The number of rotatable bonds is 11. The molecule has 272 valence electrons. The molecule has 0 saturated carbocycles. The number of nitro benzene ring substituents is 1. The smallest absolute Gasteiger partial charge is 0.767 e. The van der Waals surface area contributed by atoms with Gasteiger partial charge < -0.3 is 31.4 Å². The molecule has 3 heterocycles. The Balaban J connectivity index is 0.00000481. The van der Waals surface area contributed by atoms with E-state index in [1.54, 1.807) is 12.1 Å². The van der Waals surface area contributed by atoms with Gasteiger partial charge in [0.15, 0.2) is 6.10 Å². The molecular weight excluding hydrogens is 827 g/mol. The average molecular weight is 858 g/mol. The molecule has 0 radical (unpaired) electrons. The molecule has 4 aromatic carbocycles. The van der Waals surface area contributed by atoms with E-state index in [1.807, 2.05) is 96.4 Å². The van der Waals surface area contributed by atoms with Crippen LogP contribution in [0.5, 0.6) is 0 Å². The van der Waals surface area contributed by atoms with Gasteiger partial charge in [-0.3, -0.25) is 19.7 Å². The third kappa shape index (κ3) is 7.18. The maximum atomic E-state index is 14.9. The maximum absolute atomic E-state index is 14.9. The van der Waals surface area contributed by atoms with Gasteiger partial charge in [0.25, 0.3) is 5.69 Å². The minimum Gasteiger partial charge on any atom is -0.767 e. The Morgan fingerprint density at radius 1 is 0.906 bits per heavy atom. The number of hydrogen-bond acceptors (Lipinski definition) is 10. The number of benzene rings is 4. The molecule has 14 heteroatoms. The molecule has 1 amide bonds. The van der Waals surface area contributed by atoms with E-state index in [2.05, 4.69) is 0 Å². The van der Waals surface area contributed by atoms with E-state index in [-0.39, 0.29) is 45.9 Å². The first-order chi connectivity index (χ1) is 25.2. The maximum Gasteiger partial charge on any atom is 1.00 e. The topological polar surface area (TPSA) is 129 Å². The molecule has 0 N–H and O–H groups in total. The zero-order valence-electron chi connectivity index (χ0n) is 27.9. The van der Waals surface area contributed by atoms with Crippen LogP contribution in [0.4, 0.5) is 5.69 Å². The quantitative estimate of drug-likeness (QED) is 0.0285. The predicted molar refractivity (Wildman–Crippen MR) is 203 cm³/mol. The van der Waals surface area contributed by atoms with E-state index in [4.69, 9.17) is 26.5 Å². The number of amides is 1. The summed E-state index contributed by atoms with van der Waals surface area (Å²) in [4.78, 5) is 54.1. The second-order valence-electron chi connectivity index (χ2n) is 12.0. The number of β-lactam (4-membered cyclic amide) rings is 1. The monoisotopic (exact) mass is 856 g/mol. The van der Waals surface area contributed by atoms with Gasteiger partial charge in [0.05, 0.1) is 15.5 Å². The Morgan fingerprint density at radius 2 is 1.45 bits per heavy atom. The number of carbonyl (C=O) groups is 3. The van der Waals surface area contributed by atoms with Crippen LogP contribution < -0.4 is 15.9 Å². The van der Waals surface area contributed by atoms with Gasteiger partial charge in [-0.15, -0.1) is 11.3 Å². The van der Waals surface area contributed by atoms with Crippen molar-refractivity contribution in [3.8, 4) is 0 Å². The largest absolute Gasteiger partial charge is 1.00 e. The number of non-ortho nitro benzene ring substituents is 1. The third-order valence-corrected chi connectivity index (χ3v) is 14.4. The Hall–Kier alpha value is -4.68. The van der Waals surface area contributed by atoms with Crippen LogP contribution in [-0.4, -0.2) is 38.5 Å². The number of hydrogen-bond donors (Lipinski definition) is 0. The number of fused-ring (bicyclic) bond motifs is 1. The van der Waals surface area contributed by atoms with E-state index in [0.717, 1.165) is 20.6 Å². The number of thiophene rings is 1. The van der Waals surface area contributed by atoms with E-state index in [1.165, 1.54) is 47.4 Å². The summed E-state index contributed by atoms with van der Waals surface area (Å²) in [6.07, 6.45) is -1.14. The summed E-state index contributed by atoms with van der Waals surface area (Å²) in [6.45, 7) is -2.25. The van der Waals surface area contributed by atoms with Crippen molar-refractivity contribution in [2.24, 2.45) is 5.92 Å². The molecule has 0 spiro atoms. The van der Waals surface area contributed by atoms with Crippen molar-refractivity contribution in [3.05, 3.63) is 154 Å². The first kappa shape index (κ1) is 38.1. The number of nitrogens with zero attached hydrogens (tertiary/aromatic N) is 2. The molecule has 3 atom stereocenters. The van der Waals surface area contributed by atoms with Gasteiger partial charge >= 0.3 is 34.3 Å². The van der Waals surface area contributed by atoms with Gasteiger partial charge in [-0.25, -0.2) is 4.79 Å². The van der Waals surface area contributed by atoms with Gasteiger partial charge in [-0.2, -0.15) is 0 Å². The van der Waals surface area contributed by atoms with E-state index < -0.39 is 47.1 Å². The fraction of sp³-hybridized carbons (Fsp3) is 0.128. The number of carbonyl (C=O) groups excluding carboxylic acids is 3. The second-order valence-corrected chi connectivity index (χ2v) is 16.7. The average Bonchev–Trinajstić information content (AvgIpc) is 3.78. The summed E-state index contributed by atoms with van der Waals surface area (Å²) >= 11 is 7.55. The van der Waals surface area contributed by atoms with Crippen LogP contribution in [-0.2, 0) is 65.5 Å². The molecule has 0 bridgehead atoms. The van der Waals surface area contributed by atoms with Crippen molar-refractivity contribution < 1.29 is 55.6 Å². The van der Waals surface area contributed by atoms with Crippen LogP contribution in [0, 0.1) is 16.0 Å². The predicted octanol–water partition coefficient (Wildman–Crippen LogP) is 6.20. The summed E-state index contributed by atoms with van der Waals surface area (Å²) in [7, 11) is 0. The molecule has 1 aliphatic rings. The van der Waals surface area contributed by atoms with Crippen LogP contribution in [0.15, 0.2) is 137 Å². The molecule has 1 fully saturated rings. The first-order valence-corrected chi connectivity index (χ1v) is 19.3. The molecule has 6 aromatic rings. The Morgan fingerprint density at radius 3 is 1.92 bits per heavy atom. The fourth-order valence-corrected chi connectivity index (χ4v) is 12.2. The van der Waals surface area contributed by atoms with Gasteiger partial charge in [0, 0.05) is 32.0 Å². The molecule has 1 aliphatic heterocycles. The molecule has 3 unspecified atom stereocenters. The standard InChI is InChI=1S/C39H31N2O8PS2.Ag/c1-25(42)48-35(32-23-33-31(49-32)21-22-52-33)34-36(43)40(38(34)51)37(39(44)47-24-26-17-19-27(20-18-26)41(45)46)50(28-11-5-2-6-12-28,29-13-7-3-8-14-29)30-15-9-4-10-16-30;/h2-23,34-35,38,51H,24H2,1H3;/q;+1/p-1. The molecule has 2 aromatic heterocycles. The van der Waals surface area contributed by atoms with Crippen molar-refractivity contribution in [1.29, 1.82) is 0 Å². The summed E-state index contributed by atoms with van der Waals surface area (Å²) in [5.74, 6) is -2.71. The van der Waals surface area contributed by atoms with Crippen LogP contribution in [0.25, 0.3) is 10.3 Å². The van der Waals surface area contributed by atoms with E-state index >= 15 is 0 Å². The normalized spacial score (nSPS) is 15.9. The summed E-state index contributed by atoms with van der Waals surface area (Å²) in [5, 5.41) is 14.4. The van der Waals surface area contributed by atoms with Crippen molar-refractivity contribution in [1.82, 2.24) is 4.90 Å². The third-order valence-electron chi connectivity index (χ3n) is 8.82. The second kappa shape index (κ2) is 16.1. The molecule has 10 nitrogen and oxygen atoms in total. The zero-order chi connectivity index (χ0) is 36.4. The number of nitro groups is 1. The van der Waals surface area contributed by atoms with Crippen LogP contribution in [0.2, 0.25) is 0 Å². The Labute approximate surface area is 329 Å². The van der Waals surface area contributed by atoms with Crippen LogP contribution in [0.1, 0.15) is 24.4 Å². The number of likely N-dealkylation sites (tertiary alicyclic amines) is 1. The van der Waals surface area contributed by atoms with Gasteiger partial charge in [-0.05, 0) is 45.1 Å². The van der Waals surface area contributed by atoms with Gasteiger partial charge in [-0.1, -0.05) is 96.4 Å². The molecule has 1 saturated heterocycles. The minimum atomic E-state index is -3.27. The number of ether oxygens (including phenoxy) is 2.